The first kappa shape index (κ1) is 15.8. The Labute approximate surface area is 147 Å². The summed E-state index contributed by atoms with van der Waals surface area (Å²) in [7, 11) is 1.80. The van der Waals surface area contributed by atoms with Crippen molar-refractivity contribution in [3.63, 3.8) is 0 Å². The van der Waals surface area contributed by atoms with Crippen LogP contribution < -0.4 is 5.32 Å². The Morgan fingerprint density at radius 2 is 2.32 bits per heavy atom. The molecule has 3 aromatic rings. The van der Waals surface area contributed by atoms with Gasteiger partial charge in [0.15, 0.2) is 5.65 Å². The lowest BCUT2D eigenvalue weighted by molar-refractivity contribution is -0.116. The standard InChI is InChI=1S/C16H18N6O2S/c1-9-13-14(18-19-15(13)21(2)20-9)17-12(23)8-22-6-3-4-11-10(16(22)24)5-7-25-11/h5,7H,3-4,6,8H2,1-2H3,(H2,17,18,19,23). The van der Waals surface area contributed by atoms with Gasteiger partial charge >= 0.3 is 0 Å². The molecule has 4 rings (SSSR count). The molecule has 130 valence electrons. The third kappa shape index (κ3) is 2.70. The van der Waals surface area contributed by atoms with Crippen molar-refractivity contribution >= 4 is 40.0 Å². The summed E-state index contributed by atoms with van der Waals surface area (Å²) in [6.07, 6.45) is 1.75. The fraction of sp³-hybridized carbons (Fsp3) is 0.375. The number of anilines is 1. The Hall–Kier alpha value is -2.68. The highest BCUT2D eigenvalue weighted by Crippen LogP contribution is 2.25. The summed E-state index contributed by atoms with van der Waals surface area (Å²) < 4.78 is 1.66. The Morgan fingerprint density at radius 3 is 3.16 bits per heavy atom. The first-order valence-corrected chi connectivity index (χ1v) is 8.95. The summed E-state index contributed by atoms with van der Waals surface area (Å²) >= 11 is 1.60. The van der Waals surface area contributed by atoms with E-state index in [1.54, 1.807) is 28.0 Å². The van der Waals surface area contributed by atoms with E-state index in [-0.39, 0.29) is 18.4 Å². The second-order valence-electron chi connectivity index (χ2n) is 6.14. The van der Waals surface area contributed by atoms with Crippen LogP contribution in [0.1, 0.15) is 27.3 Å². The number of amides is 2. The highest BCUT2D eigenvalue weighted by molar-refractivity contribution is 7.10. The minimum absolute atomic E-state index is 0.0218. The molecule has 1 aliphatic heterocycles. The maximum Gasteiger partial charge on any atom is 0.255 e. The molecule has 0 aromatic carbocycles. The molecule has 2 N–H and O–H groups in total. The molecule has 25 heavy (non-hydrogen) atoms. The van der Waals surface area contributed by atoms with E-state index >= 15 is 0 Å². The van der Waals surface area contributed by atoms with Gasteiger partial charge in [0.25, 0.3) is 5.91 Å². The van der Waals surface area contributed by atoms with E-state index in [0.717, 1.165) is 34.4 Å². The number of carbonyl (C=O) groups excluding carboxylic acids is 2. The minimum Gasteiger partial charge on any atom is -0.329 e. The lowest BCUT2D eigenvalue weighted by Gasteiger charge is -2.19. The van der Waals surface area contributed by atoms with E-state index in [4.69, 9.17) is 0 Å². The maximum absolute atomic E-state index is 12.6. The van der Waals surface area contributed by atoms with Crippen molar-refractivity contribution in [2.45, 2.75) is 19.8 Å². The topological polar surface area (TPSA) is 95.9 Å². The smallest absolute Gasteiger partial charge is 0.255 e. The third-order valence-electron chi connectivity index (χ3n) is 4.41. The van der Waals surface area contributed by atoms with Gasteiger partial charge in [-0.25, -0.2) is 4.68 Å². The van der Waals surface area contributed by atoms with Crippen molar-refractivity contribution in [3.05, 3.63) is 27.6 Å². The Bertz CT molecular complexity index is 969. The second-order valence-corrected chi connectivity index (χ2v) is 7.14. The summed E-state index contributed by atoms with van der Waals surface area (Å²) in [5.41, 5.74) is 2.19. The van der Waals surface area contributed by atoms with E-state index in [1.165, 1.54) is 0 Å². The van der Waals surface area contributed by atoms with Gasteiger partial charge in [-0.1, -0.05) is 0 Å². The van der Waals surface area contributed by atoms with Crippen LogP contribution in [0.5, 0.6) is 0 Å². The summed E-state index contributed by atoms with van der Waals surface area (Å²) in [4.78, 5) is 27.8. The first-order valence-electron chi connectivity index (χ1n) is 8.07. The van der Waals surface area contributed by atoms with Crippen molar-refractivity contribution in [2.75, 3.05) is 18.4 Å². The molecular weight excluding hydrogens is 340 g/mol. The first-order chi connectivity index (χ1) is 12.0. The van der Waals surface area contributed by atoms with E-state index in [9.17, 15) is 9.59 Å². The molecule has 0 fully saturated rings. The summed E-state index contributed by atoms with van der Waals surface area (Å²) in [5, 5.41) is 16.8. The lowest BCUT2D eigenvalue weighted by Crippen LogP contribution is -2.38. The van der Waals surface area contributed by atoms with E-state index in [2.05, 4.69) is 20.6 Å². The molecule has 0 saturated carbocycles. The van der Waals surface area contributed by atoms with Gasteiger partial charge in [-0.2, -0.15) is 10.2 Å². The lowest BCUT2D eigenvalue weighted by atomic mass is 10.2. The monoisotopic (exact) mass is 358 g/mol. The second kappa shape index (κ2) is 5.99. The number of hydrogen-bond donors (Lipinski definition) is 2. The number of rotatable bonds is 3. The molecule has 0 unspecified atom stereocenters. The number of hydrogen-bond acceptors (Lipinski definition) is 5. The number of carbonyl (C=O) groups is 2. The van der Waals surface area contributed by atoms with Gasteiger partial charge in [0.1, 0.15) is 12.4 Å². The minimum atomic E-state index is -0.249. The van der Waals surface area contributed by atoms with E-state index in [0.29, 0.717) is 18.0 Å². The third-order valence-corrected chi connectivity index (χ3v) is 5.39. The highest BCUT2D eigenvalue weighted by Gasteiger charge is 2.25. The number of aromatic nitrogens is 4. The van der Waals surface area contributed by atoms with Crippen LogP contribution in [0.25, 0.3) is 11.0 Å². The molecule has 0 atom stereocenters. The van der Waals surface area contributed by atoms with Gasteiger partial charge in [0.2, 0.25) is 5.91 Å². The number of H-pyrrole nitrogens is 1. The predicted octanol–water partition coefficient (Wildman–Crippen LogP) is 1.69. The SMILES string of the molecule is Cc1nn(C)c2n[nH]c(NC(=O)CN3CCCc4sccc4C3=O)c12. The zero-order valence-corrected chi connectivity index (χ0v) is 14.8. The van der Waals surface area contributed by atoms with Crippen molar-refractivity contribution in [3.8, 4) is 0 Å². The molecule has 0 spiro atoms. The predicted molar refractivity (Wildman–Crippen MR) is 94.8 cm³/mol. The quantitative estimate of drug-likeness (QED) is 0.745. The number of fused-ring (bicyclic) bond motifs is 2. The van der Waals surface area contributed by atoms with Gasteiger partial charge in [-0.05, 0) is 31.2 Å². The molecule has 0 bridgehead atoms. The number of nitrogens with zero attached hydrogens (tertiary/aromatic N) is 4. The van der Waals surface area contributed by atoms with Crippen LogP contribution in [0, 0.1) is 6.92 Å². The van der Waals surface area contributed by atoms with Gasteiger partial charge in [0.05, 0.1) is 16.6 Å². The van der Waals surface area contributed by atoms with Crippen LogP contribution in [0.3, 0.4) is 0 Å². The number of aromatic amines is 1. The fourth-order valence-electron chi connectivity index (χ4n) is 3.25. The maximum atomic E-state index is 12.6. The molecule has 1 aliphatic rings. The molecule has 0 aliphatic carbocycles. The average molecular weight is 358 g/mol. The summed E-state index contributed by atoms with van der Waals surface area (Å²) in [6, 6.07) is 1.84. The zero-order chi connectivity index (χ0) is 17.6. The van der Waals surface area contributed by atoms with Crippen LogP contribution in [-0.2, 0) is 18.3 Å². The molecular formula is C16H18N6O2S. The number of thiophene rings is 1. The van der Waals surface area contributed by atoms with Crippen LogP contribution in [0.4, 0.5) is 5.82 Å². The van der Waals surface area contributed by atoms with Gasteiger partial charge in [0, 0.05) is 18.5 Å². The molecule has 4 heterocycles. The Morgan fingerprint density at radius 1 is 1.48 bits per heavy atom. The zero-order valence-electron chi connectivity index (χ0n) is 14.0. The molecule has 0 saturated heterocycles. The van der Waals surface area contributed by atoms with Gasteiger partial charge < -0.3 is 10.2 Å². The molecule has 3 aromatic heterocycles. The molecule has 9 heteroatoms. The van der Waals surface area contributed by atoms with Crippen LogP contribution in [-0.4, -0.2) is 49.8 Å². The molecule has 2 amide bonds. The molecule has 0 radical (unpaired) electrons. The Kier molecular flexibility index (Phi) is 3.79. The van der Waals surface area contributed by atoms with E-state index < -0.39 is 0 Å². The van der Waals surface area contributed by atoms with Crippen molar-refractivity contribution in [1.82, 2.24) is 24.9 Å². The fourth-order valence-corrected chi connectivity index (χ4v) is 4.17. The van der Waals surface area contributed by atoms with Crippen LogP contribution in [0.15, 0.2) is 11.4 Å². The van der Waals surface area contributed by atoms with Gasteiger partial charge in [-0.3, -0.25) is 14.7 Å². The summed E-state index contributed by atoms with van der Waals surface area (Å²) in [6.45, 7) is 2.47. The van der Waals surface area contributed by atoms with Crippen molar-refractivity contribution in [2.24, 2.45) is 7.05 Å². The largest absolute Gasteiger partial charge is 0.329 e. The Balaban J connectivity index is 1.51. The molecule has 8 nitrogen and oxygen atoms in total. The highest BCUT2D eigenvalue weighted by atomic mass is 32.1. The number of nitrogens with one attached hydrogen (secondary N) is 2. The average Bonchev–Trinajstić information content (AvgIpc) is 3.23. The van der Waals surface area contributed by atoms with Crippen molar-refractivity contribution < 1.29 is 9.59 Å². The van der Waals surface area contributed by atoms with Crippen molar-refractivity contribution in [1.29, 1.82) is 0 Å². The van der Waals surface area contributed by atoms with Crippen LogP contribution >= 0.6 is 11.3 Å². The van der Waals surface area contributed by atoms with Crippen LogP contribution in [0.2, 0.25) is 0 Å². The normalized spacial score (nSPS) is 14.6. The van der Waals surface area contributed by atoms with E-state index in [1.807, 2.05) is 18.4 Å². The van der Waals surface area contributed by atoms with Gasteiger partial charge in [-0.15, -0.1) is 11.3 Å². The number of aryl methyl sites for hydroxylation is 3. The summed E-state index contributed by atoms with van der Waals surface area (Å²) in [5.74, 6) is 0.196.